The van der Waals surface area contributed by atoms with Crippen molar-refractivity contribution in [2.45, 2.75) is 44.7 Å². The van der Waals surface area contributed by atoms with E-state index in [0.29, 0.717) is 12.0 Å². The maximum atomic E-state index is 6.44. The summed E-state index contributed by atoms with van der Waals surface area (Å²) in [6.07, 6.45) is 4.48. The van der Waals surface area contributed by atoms with Gasteiger partial charge in [-0.15, -0.1) is 0 Å². The van der Waals surface area contributed by atoms with Crippen LogP contribution in [0.3, 0.4) is 0 Å². The van der Waals surface area contributed by atoms with Crippen LogP contribution in [-0.4, -0.2) is 16.0 Å². The van der Waals surface area contributed by atoms with Gasteiger partial charge in [0.2, 0.25) is 0 Å². The van der Waals surface area contributed by atoms with Gasteiger partial charge in [-0.2, -0.15) is 0 Å². The zero-order chi connectivity index (χ0) is 13.4. The van der Waals surface area contributed by atoms with E-state index in [9.17, 15) is 0 Å². The largest absolute Gasteiger partial charge is 0.342 e. The molecule has 1 saturated carbocycles. The minimum Gasteiger partial charge on any atom is -0.342 e. The monoisotopic (exact) mass is 258 g/mol. The number of hydrogen-bond acceptors (Lipinski definition) is 3. The number of fused-ring (bicyclic) bond motifs is 1. The van der Waals surface area contributed by atoms with Crippen LogP contribution in [-0.2, 0) is 0 Å². The van der Waals surface area contributed by atoms with E-state index in [1.165, 1.54) is 5.56 Å². The van der Waals surface area contributed by atoms with Crippen molar-refractivity contribution in [3.8, 4) is 0 Å². The van der Waals surface area contributed by atoms with Crippen LogP contribution >= 0.6 is 0 Å². The van der Waals surface area contributed by atoms with E-state index in [1.54, 1.807) is 0 Å². The quantitative estimate of drug-likeness (QED) is 0.773. The van der Waals surface area contributed by atoms with Gasteiger partial charge in [0.1, 0.15) is 5.82 Å². The first-order valence-electron chi connectivity index (χ1n) is 7.11. The van der Waals surface area contributed by atoms with Gasteiger partial charge < -0.3 is 16.5 Å². The first-order valence-corrected chi connectivity index (χ1v) is 7.11. The fourth-order valence-corrected chi connectivity index (χ4v) is 3.14. The van der Waals surface area contributed by atoms with E-state index in [2.05, 4.69) is 28.2 Å². The molecule has 1 aromatic heterocycles. The number of benzene rings is 1. The lowest BCUT2D eigenvalue weighted by atomic mass is 9.80. The van der Waals surface area contributed by atoms with Crippen LogP contribution in [0.2, 0.25) is 0 Å². The Labute approximate surface area is 113 Å². The summed E-state index contributed by atoms with van der Waals surface area (Å²) in [4.78, 5) is 7.70. The number of imidazole rings is 1. The molecule has 0 radical (unpaired) electrons. The Morgan fingerprint density at radius 2 is 2.00 bits per heavy atom. The maximum Gasteiger partial charge on any atom is 0.104 e. The topological polar surface area (TPSA) is 80.7 Å². The number of aromatic amines is 1. The van der Waals surface area contributed by atoms with Crippen molar-refractivity contribution in [2.24, 2.45) is 17.4 Å². The molecule has 0 spiro atoms. The van der Waals surface area contributed by atoms with Gasteiger partial charge in [0.05, 0.1) is 11.0 Å². The lowest BCUT2D eigenvalue weighted by Gasteiger charge is -2.30. The summed E-state index contributed by atoms with van der Waals surface area (Å²) in [6.45, 7) is 1.97. The third kappa shape index (κ3) is 2.51. The van der Waals surface area contributed by atoms with Gasteiger partial charge in [-0.05, 0) is 56.2 Å². The summed E-state index contributed by atoms with van der Waals surface area (Å²) in [5.41, 5.74) is 15.7. The lowest BCUT2D eigenvalue weighted by molar-refractivity contribution is 0.285. The van der Waals surface area contributed by atoms with Gasteiger partial charge >= 0.3 is 0 Å². The van der Waals surface area contributed by atoms with Crippen LogP contribution in [0.5, 0.6) is 0 Å². The van der Waals surface area contributed by atoms with Gasteiger partial charge in [-0.25, -0.2) is 4.98 Å². The number of nitrogens with one attached hydrogen (secondary N) is 1. The van der Waals surface area contributed by atoms with Crippen molar-refractivity contribution in [3.63, 3.8) is 0 Å². The highest BCUT2D eigenvalue weighted by molar-refractivity contribution is 5.76. The van der Waals surface area contributed by atoms with Crippen LogP contribution in [0.1, 0.15) is 43.1 Å². The van der Waals surface area contributed by atoms with Crippen molar-refractivity contribution in [2.75, 3.05) is 0 Å². The summed E-state index contributed by atoms with van der Waals surface area (Å²) in [7, 11) is 0. The van der Waals surface area contributed by atoms with E-state index < -0.39 is 0 Å². The van der Waals surface area contributed by atoms with E-state index in [-0.39, 0.29) is 6.04 Å². The Morgan fingerprint density at radius 3 is 2.74 bits per heavy atom. The average Bonchev–Trinajstić information content (AvgIpc) is 2.77. The molecule has 1 fully saturated rings. The molecule has 102 valence electrons. The zero-order valence-electron chi connectivity index (χ0n) is 11.4. The van der Waals surface area contributed by atoms with Crippen molar-refractivity contribution < 1.29 is 0 Å². The molecule has 3 rings (SSSR count). The third-order valence-electron chi connectivity index (χ3n) is 4.33. The normalized spacial score (nSPS) is 25.6. The smallest absolute Gasteiger partial charge is 0.104 e. The van der Waals surface area contributed by atoms with Crippen LogP contribution < -0.4 is 11.5 Å². The van der Waals surface area contributed by atoms with E-state index in [4.69, 9.17) is 11.5 Å². The Morgan fingerprint density at radius 1 is 1.26 bits per heavy atom. The predicted octanol–water partition coefficient (Wildman–Crippen LogP) is 2.39. The molecular weight excluding hydrogens is 236 g/mol. The van der Waals surface area contributed by atoms with Crippen LogP contribution in [0.15, 0.2) is 18.2 Å². The predicted molar refractivity (Wildman–Crippen MR) is 77.7 cm³/mol. The summed E-state index contributed by atoms with van der Waals surface area (Å²) >= 11 is 0. The summed E-state index contributed by atoms with van der Waals surface area (Å²) in [5, 5.41) is 0. The third-order valence-corrected chi connectivity index (χ3v) is 4.33. The molecular formula is C15H22N4. The maximum absolute atomic E-state index is 6.44. The minimum atomic E-state index is 0.112. The first kappa shape index (κ1) is 12.6. The average molecular weight is 258 g/mol. The molecule has 0 saturated heterocycles. The highest BCUT2D eigenvalue weighted by Gasteiger charge is 2.25. The molecule has 4 nitrogen and oxygen atoms in total. The van der Waals surface area contributed by atoms with Crippen molar-refractivity contribution >= 4 is 11.0 Å². The van der Waals surface area contributed by atoms with Gasteiger partial charge in [0.25, 0.3) is 0 Å². The SMILES string of the molecule is Cc1nc2ccc(C(N)C3CCC(N)CC3)cc2[nH]1. The number of aromatic nitrogens is 2. The molecule has 1 aliphatic carbocycles. The number of rotatable bonds is 2. The Kier molecular flexibility index (Phi) is 3.29. The van der Waals surface area contributed by atoms with E-state index in [0.717, 1.165) is 42.5 Å². The van der Waals surface area contributed by atoms with E-state index in [1.807, 2.05) is 6.92 Å². The highest BCUT2D eigenvalue weighted by Crippen LogP contribution is 2.33. The molecule has 1 heterocycles. The molecule has 1 unspecified atom stereocenters. The molecule has 0 amide bonds. The Hall–Kier alpha value is -1.39. The molecule has 2 aromatic rings. The van der Waals surface area contributed by atoms with Gasteiger partial charge in [0, 0.05) is 12.1 Å². The van der Waals surface area contributed by atoms with Crippen LogP contribution in [0, 0.1) is 12.8 Å². The second-order valence-electron chi connectivity index (χ2n) is 5.80. The van der Waals surface area contributed by atoms with Crippen molar-refractivity contribution in [1.29, 1.82) is 0 Å². The Balaban J connectivity index is 1.82. The number of H-pyrrole nitrogens is 1. The lowest BCUT2D eigenvalue weighted by Crippen LogP contribution is -2.31. The second-order valence-corrected chi connectivity index (χ2v) is 5.80. The summed E-state index contributed by atoms with van der Waals surface area (Å²) in [6, 6.07) is 6.81. The molecule has 19 heavy (non-hydrogen) atoms. The molecule has 4 heteroatoms. The van der Waals surface area contributed by atoms with Crippen molar-refractivity contribution in [1.82, 2.24) is 9.97 Å². The number of hydrogen-bond donors (Lipinski definition) is 3. The summed E-state index contributed by atoms with van der Waals surface area (Å²) in [5.74, 6) is 1.51. The fourth-order valence-electron chi connectivity index (χ4n) is 3.14. The van der Waals surface area contributed by atoms with Crippen LogP contribution in [0.25, 0.3) is 11.0 Å². The fraction of sp³-hybridized carbons (Fsp3) is 0.533. The molecule has 5 N–H and O–H groups in total. The number of aryl methyl sites for hydroxylation is 1. The number of nitrogens with zero attached hydrogens (tertiary/aromatic N) is 1. The standard InChI is InChI=1S/C15H22N4/c1-9-18-13-7-4-11(8-14(13)19-9)15(17)10-2-5-12(16)6-3-10/h4,7-8,10,12,15H,2-3,5-6,16-17H2,1H3,(H,18,19). The minimum absolute atomic E-state index is 0.112. The molecule has 1 atom stereocenters. The second kappa shape index (κ2) is 4.94. The van der Waals surface area contributed by atoms with Crippen LogP contribution in [0.4, 0.5) is 0 Å². The molecule has 1 aliphatic rings. The molecule has 0 bridgehead atoms. The molecule has 0 aliphatic heterocycles. The summed E-state index contributed by atoms with van der Waals surface area (Å²) < 4.78 is 0. The number of nitrogens with two attached hydrogens (primary N) is 2. The van der Waals surface area contributed by atoms with Crippen molar-refractivity contribution in [3.05, 3.63) is 29.6 Å². The van der Waals surface area contributed by atoms with Gasteiger partial charge in [-0.1, -0.05) is 6.07 Å². The molecule has 1 aromatic carbocycles. The zero-order valence-corrected chi connectivity index (χ0v) is 11.4. The Bertz CT molecular complexity index is 567. The van der Waals surface area contributed by atoms with Gasteiger partial charge in [-0.3, -0.25) is 0 Å². The highest BCUT2D eigenvalue weighted by atomic mass is 14.9. The van der Waals surface area contributed by atoms with E-state index >= 15 is 0 Å². The van der Waals surface area contributed by atoms with Gasteiger partial charge in [0.15, 0.2) is 0 Å². The first-order chi connectivity index (χ1) is 9.13.